The van der Waals surface area contributed by atoms with Gasteiger partial charge in [-0.25, -0.2) is 4.98 Å². The van der Waals surface area contributed by atoms with Gasteiger partial charge in [-0.05, 0) is 42.8 Å². The standard InChI is InChI=1S/C17H31N3S/c1-7-15(12-21-6)20(5)17-10-14(11-18-8-2)9-16(19-17)13(3)4/h9-10,13,15,18H,7-8,11-12H2,1-6H3. The first kappa shape index (κ1) is 18.3. The molecule has 120 valence electrons. The number of anilines is 1. The largest absolute Gasteiger partial charge is 0.356 e. The van der Waals surface area contributed by atoms with E-state index in [1.807, 2.05) is 11.8 Å². The zero-order valence-electron chi connectivity index (χ0n) is 14.4. The summed E-state index contributed by atoms with van der Waals surface area (Å²) in [6.07, 6.45) is 3.32. The number of nitrogens with one attached hydrogen (secondary N) is 1. The molecule has 3 nitrogen and oxygen atoms in total. The van der Waals surface area contributed by atoms with E-state index in [0.717, 1.165) is 31.1 Å². The van der Waals surface area contributed by atoms with Crippen molar-refractivity contribution >= 4 is 17.6 Å². The second kappa shape index (κ2) is 9.31. The Balaban J connectivity index is 3.05. The molecule has 0 aliphatic rings. The number of rotatable bonds is 9. The lowest BCUT2D eigenvalue weighted by molar-refractivity contribution is 0.659. The molecule has 0 bridgehead atoms. The molecule has 1 N–H and O–H groups in total. The van der Waals surface area contributed by atoms with E-state index >= 15 is 0 Å². The van der Waals surface area contributed by atoms with Crippen LogP contribution in [0.3, 0.4) is 0 Å². The highest BCUT2D eigenvalue weighted by Gasteiger charge is 2.16. The summed E-state index contributed by atoms with van der Waals surface area (Å²) in [6.45, 7) is 10.7. The second-order valence-electron chi connectivity index (χ2n) is 5.82. The van der Waals surface area contributed by atoms with Gasteiger partial charge in [-0.1, -0.05) is 27.7 Å². The fraction of sp³-hybridized carbons (Fsp3) is 0.706. The third-order valence-corrected chi connectivity index (χ3v) is 4.52. The summed E-state index contributed by atoms with van der Waals surface area (Å²) >= 11 is 1.90. The van der Waals surface area contributed by atoms with Crippen LogP contribution in [0.25, 0.3) is 0 Å². The van der Waals surface area contributed by atoms with Gasteiger partial charge in [-0.15, -0.1) is 0 Å². The Morgan fingerprint density at radius 3 is 2.52 bits per heavy atom. The van der Waals surface area contributed by atoms with E-state index in [4.69, 9.17) is 4.98 Å². The summed E-state index contributed by atoms with van der Waals surface area (Å²) in [4.78, 5) is 7.23. The van der Waals surface area contributed by atoms with Crippen molar-refractivity contribution in [3.05, 3.63) is 23.4 Å². The van der Waals surface area contributed by atoms with Crippen LogP contribution in [0.5, 0.6) is 0 Å². The molecule has 1 unspecified atom stereocenters. The van der Waals surface area contributed by atoms with Crippen molar-refractivity contribution in [2.75, 3.05) is 30.5 Å². The van der Waals surface area contributed by atoms with E-state index in [2.05, 4.69) is 63.3 Å². The maximum absolute atomic E-state index is 4.88. The van der Waals surface area contributed by atoms with Crippen LogP contribution in [0.2, 0.25) is 0 Å². The molecule has 21 heavy (non-hydrogen) atoms. The first-order chi connectivity index (χ1) is 10.0. The normalized spacial score (nSPS) is 12.7. The van der Waals surface area contributed by atoms with Crippen molar-refractivity contribution in [3.8, 4) is 0 Å². The number of hydrogen-bond acceptors (Lipinski definition) is 4. The third-order valence-electron chi connectivity index (χ3n) is 3.80. The van der Waals surface area contributed by atoms with Gasteiger partial charge in [0, 0.05) is 31.1 Å². The topological polar surface area (TPSA) is 28.2 Å². The quantitative estimate of drug-likeness (QED) is 0.749. The van der Waals surface area contributed by atoms with Crippen molar-refractivity contribution in [1.82, 2.24) is 10.3 Å². The van der Waals surface area contributed by atoms with Crippen LogP contribution in [0.15, 0.2) is 12.1 Å². The molecule has 0 aliphatic heterocycles. The maximum Gasteiger partial charge on any atom is 0.129 e. The van der Waals surface area contributed by atoms with Crippen molar-refractivity contribution in [3.63, 3.8) is 0 Å². The van der Waals surface area contributed by atoms with E-state index < -0.39 is 0 Å². The molecule has 0 aromatic carbocycles. The highest BCUT2D eigenvalue weighted by atomic mass is 32.2. The Morgan fingerprint density at radius 2 is 2.00 bits per heavy atom. The molecule has 0 amide bonds. The average molecular weight is 310 g/mol. The SMILES string of the molecule is CCNCc1cc(C(C)C)nc(N(C)C(CC)CSC)c1. The molecule has 1 aromatic rings. The molecule has 0 radical (unpaired) electrons. The summed E-state index contributed by atoms with van der Waals surface area (Å²) in [5.74, 6) is 2.71. The number of nitrogens with zero attached hydrogens (tertiary/aromatic N) is 2. The monoisotopic (exact) mass is 309 g/mol. The van der Waals surface area contributed by atoms with Crippen LogP contribution in [0, 0.1) is 0 Å². The zero-order chi connectivity index (χ0) is 15.8. The van der Waals surface area contributed by atoms with Gasteiger partial charge in [-0.3, -0.25) is 0 Å². The lowest BCUT2D eigenvalue weighted by Crippen LogP contribution is -2.34. The Kier molecular flexibility index (Phi) is 8.12. The molecule has 1 rings (SSSR count). The van der Waals surface area contributed by atoms with E-state index in [0.29, 0.717) is 12.0 Å². The number of aromatic nitrogens is 1. The lowest BCUT2D eigenvalue weighted by Gasteiger charge is -2.29. The van der Waals surface area contributed by atoms with Gasteiger partial charge in [0.1, 0.15) is 5.82 Å². The fourth-order valence-electron chi connectivity index (χ4n) is 2.33. The maximum atomic E-state index is 4.88. The van der Waals surface area contributed by atoms with E-state index in [-0.39, 0.29) is 0 Å². The van der Waals surface area contributed by atoms with Crippen molar-refractivity contribution in [2.24, 2.45) is 0 Å². The number of pyridine rings is 1. The zero-order valence-corrected chi connectivity index (χ0v) is 15.3. The fourth-order valence-corrected chi connectivity index (χ4v) is 3.17. The van der Waals surface area contributed by atoms with E-state index in [1.54, 1.807) is 0 Å². The highest BCUT2D eigenvalue weighted by molar-refractivity contribution is 7.98. The van der Waals surface area contributed by atoms with Gasteiger partial charge in [0.05, 0.1) is 0 Å². The predicted molar refractivity (Wildman–Crippen MR) is 96.6 cm³/mol. The molecule has 0 saturated carbocycles. The Bertz CT molecular complexity index is 420. The first-order valence-corrected chi connectivity index (χ1v) is 9.36. The van der Waals surface area contributed by atoms with Gasteiger partial charge in [-0.2, -0.15) is 11.8 Å². The molecular formula is C17H31N3S. The molecule has 4 heteroatoms. The Morgan fingerprint density at radius 1 is 1.29 bits per heavy atom. The van der Waals surface area contributed by atoms with Gasteiger partial charge < -0.3 is 10.2 Å². The summed E-state index contributed by atoms with van der Waals surface area (Å²) < 4.78 is 0. The van der Waals surface area contributed by atoms with Crippen molar-refractivity contribution in [1.29, 1.82) is 0 Å². The second-order valence-corrected chi connectivity index (χ2v) is 6.73. The van der Waals surface area contributed by atoms with Crippen LogP contribution in [-0.2, 0) is 6.54 Å². The van der Waals surface area contributed by atoms with Gasteiger partial charge >= 0.3 is 0 Å². The molecule has 1 heterocycles. The first-order valence-electron chi connectivity index (χ1n) is 7.96. The van der Waals surface area contributed by atoms with Crippen molar-refractivity contribution in [2.45, 2.75) is 52.6 Å². The van der Waals surface area contributed by atoms with Crippen molar-refractivity contribution < 1.29 is 0 Å². The minimum absolute atomic E-state index is 0.458. The van der Waals surface area contributed by atoms with Gasteiger partial charge in [0.15, 0.2) is 0 Å². The highest BCUT2D eigenvalue weighted by Crippen LogP contribution is 2.22. The van der Waals surface area contributed by atoms with Gasteiger partial charge in [0.25, 0.3) is 0 Å². The minimum Gasteiger partial charge on any atom is -0.356 e. The predicted octanol–water partition coefficient (Wildman–Crippen LogP) is 3.89. The van der Waals surface area contributed by atoms with Crippen LogP contribution in [-0.4, -0.2) is 36.6 Å². The Hall–Kier alpha value is -0.740. The number of hydrogen-bond donors (Lipinski definition) is 1. The Labute approximate surface area is 134 Å². The average Bonchev–Trinajstić information content (AvgIpc) is 2.49. The summed E-state index contributed by atoms with van der Waals surface area (Å²) in [5.41, 5.74) is 2.52. The van der Waals surface area contributed by atoms with Crippen LogP contribution in [0.1, 0.15) is 51.3 Å². The summed E-state index contributed by atoms with van der Waals surface area (Å²) in [6, 6.07) is 5.01. The van der Waals surface area contributed by atoms with Crippen LogP contribution >= 0.6 is 11.8 Å². The number of thioether (sulfide) groups is 1. The lowest BCUT2D eigenvalue weighted by atomic mass is 10.1. The smallest absolute Gasteiger partial charge is 0.129 e. The molecule has 0 saturated heterocycles. The molecule has 0 fully saturated rings. The third kappa shape index (κ3) is 5.51. The van der Waals surface area contributed by atoms with E-state index in [1.165, 1.54) is 11.3 Å². The summed E-state index contributed by atoms with van der Waals surface area (Å²) in [7, 11) is 2.17. The van der Waals surface area contributed by atoms with Crippen LogP contribution < -0.4 is 10.2 Å². The molecule has 1 atom stereocenters. The minimum atomic E-state index is 0.458. The van der Waals surface area contributed by atoms with Gasteiger partial charge in [0.2, 0.25) is 0 Å². The van der Waals surface area contributed by atoms with E-state index in [9.17, 15) is 0 Å². The van der Waals surface area contributed by atoms with Crippen LogP contribution in [0.4, 0.5) is 5.82 Å². The molecule has 0 spiro atoms. The molecule has 1 aromatic heterocycles. The summed E-state index contributed by atoms with van der Waals surface area (Å²) in [5, 5.41) is 3.41. The molecule has 0 aliphatic carbocycles. The molecular weight excluding hydrogens is 278 g/mol.